The van der Waals surface area contributed by atoms with E-state index in [1.165, 1.54) is 18.5 Å². The second-order valence-corrected chi connectivity index (χ2v) is 3.29. The van der Waals surface area contributed by atoms with Crippen LogP contribution < -0.4 is 0 Å². The minimum atomic E-state index is -4.56. The number of benzene rings is 1. The van der Waals surface area contributed by atoms with Crippen molar-refractivity contribution < 1.29 is 17.6 Å². The van der Waals surface area contributed by atoms with Crippen LogP contribution in [0.25, 0.3) is 11.1 Å². The van der Waals surface area contributed by atoms with Gasteiger partial charge < -0.3 is 4.98 Å². The lowest BCUT2D eigenvalue weighted by molar-refractivity contribution is -0.137. The SMILES string of the molecule is Fc1ccc(-c2cc[nH]c2)c(C(F)(F)F)c1. The van der Waals surface area contributed by atoms with Gasteiger partial charge in [0.15, 0.2) is 0 Å². The van der Waals surface area contributed by atoms with Crippen molar-refractivity contribution in [2.75, 3.05) is 0 Å². The normalized spacial score (nSPS) is 11.8. The third-order valence-electron chi connectivity index (χ3n) is 2.20. The molecule has 0 fully saturated rings. The summed E-state index contributed by atoms with van der Waals surface area (Å²) in [6, 6.07) is 4.14. The number of hydrogen-bond donors (Lipinski definition) is 1. The Morgan fingerprint density at radius 2 is 1.81 bits per heavy atom. The van der Waals surface area contributed by atoms with Gasteiger partial charge in [0.25, 0.3) is 0 Å². The van der Waals surface area contributed by atoms with Crippen molar-refractivity contribution in [1.29, 1.82) is 0 Å². The number of alkyl halides is 3. The predicted octanol–water partition coefficient (Wildman–Crippen LogP) is 3.84. The maximum absolute atomic E-state index is 12.8. The third-order valence-corrected chi connectivity index (χ3v) is 2.20. The maximum Gasteiger partial charge on any atom is 0.417 e. The molecule has 2 rings (SSSR count). The molecule has 0 bridgehead atoms. The van der Waals surface area contributed by atoms with E-state index in [2.05, 4.69) is 4.98 Å². The number of hydrogen-bond acceptors (Lipinski definition) is 0. The van der Waals surface area contributed by atoms with Crippen molar-refractivity contribution in [3.8, 4) is 11.1 Å². The topological polar surface area (TPSA) is 15.8 Å². The number of H-pyrrole nitrogens is 1. The number of aromatic amines is 1. The smallest absolute Gasteiger partial charge is 0.367 e. The van der Waals surface area contributed by atoms with E-state index in [-0.39, 0.29) is 5.56 Å². The Balaban J connectivity index is 2.62. The van der Waals surface area contributed by atoms with Crippen LogP contribution >= 0.6 is 0 Å². The average molecular weight is 229 g/mol. The standard InChI is InChI=1S/C11H7F4N/c12-8-1-2-9(7-3-4-16-6-7)10(5-8)11(13,14)15/h1-6,16H. The molecule has 0 aliphatic heterocycles. The van der Waals surface area contributed by atoms with Gasteiger partial charge in [0.2, 0.25) is 0 Å². The molecule has 1 N–H and O–H groups in total. The monoisotopic (exact) mass is 229 g/mol. The van der Waals surface area contributed by atoms with Crippen LogP contribution in [0.3, 0.4) is 0 Å². The summed E-state index contributed by atoms with van der Waals surface area (Å²) in [5.41, 5.74) is -0.616. The Bertz CT molecular complexity index is 485. The molecule has 0 spiro atoms. The molecule has 0 amide bonds. The molecule has 1 heterocycles. The van der Waals surface area contributed by atoms with Gasteiger partial charge in [0, 0.05) is 12.4 Å². The van der Waals surface area contributed by atoms with Crippen molar-refractivity contribution in [3.63, 3.8) is 0 Å². The molecule has 5 heteroatoms. The molecule has 1 aromatic carbocycles. The van der Waals surface area contributed by atoms with Gasteiger partial charge in [-0.2, -0.15) is 13.2 Å². The van der Waals surface area contributed by atoms with Gasteiger partial charge in [-0.05, 0) is 29.3 Å². The van der Waals surface area contributed by atoms with Gasteiger partial charge in [-0.1, -0.05) is 6.07 Å². The predicted molar refractivity (Wildman–Crippen MR) is 51.2 cm³/mol. The summed E-state index contributed by atoms with van der Waals surface area (Å²) in [4.78, 5) is 2.66. The molecule has 0 atom stereocenters. The molecule has 0 aliphatic carbocycles. The largest absolute Gasteiger partial charge is 0.417 e. The fourth-order valence-electron chi connectivity index (χ4n) is 1.49. The lowest BCUT2D eigenvalue weighted by Crippen LogP contribution is -2.07. The summed E-state index contributed by atoms with van der Waals surface area (Å²) in [6.07, 6.45) is -1.62. The Hall–Kier alpha value is -1.78. The Morgan fingerprint density at radius 3 is 2.38 bits per heavy atom. The molecule has 0 unspecified atom stereocenters. The van der Waals surface area contributed by atoms with Gasteiger partial charge in [-0.25, -0.2) is 4.39 Å². The van der Waals surface area contributed by atoms with E-state index >= 15 is 0 Å². The van der Waals surface area contributed by atoms with Crippen LogP contribution in [-0.2, 0) is 6.18 Å². The first-order valence-electron chi connectivity index (χ1n) is 4.48. The van der Waals surface area contributed by atoms with Gasteiger partial charge in [-0.15, -0.1) is 0 Å². The highest BCUT2D eigenvalue weighted by atomic mass is 19.4. The molecule has 84 valence electrons. The molecule has 1 nitrogen and oxygen atoms in total. The van der Waals surface area contributed by atoms with E-state index in [1.807, 2.05) is 0 Å². The zero-order valence-electron chi connectivity index (χ0n) is 7.98. The van der Waals surface area contributed by atoms with Crippen molar-refractivity contribution in [3.05, 3.63) is 48.0 Å². The highest BCUT2D eigenvalue weighted by molar-refractivity contribution is 5.67. The quantitative estimate of drug-likeness (QED) is 0.715. The van der Waals surface area contributed by atoms with Crippen LogP contribution in [0.5, 0.6) is 0 Å². The lowest BCUT2D eigenvalue weighted by Gasteiger charge is -2.11. The molecule has 0 saturated carbocycles. The zero-order valence-corrected chi connectivity index (χ0v) is 7.98. The van der Waals surface area contributed by atoms with E-state index < -0.39 is 17.6 Å². The summed E-state index contributed by atoms with van der Waals surface area (Å²) in [7, 11) is 0. The van der Waals surface area contributed by atoms with Crippen molar-refractivity contribution in [1.82, 2.24) is 4.98 Å². The van der Waals surface area contributed by atoms with Crippen LogP contribution in [-0.4, -0.2) is 4.98 Å². The summed E-state index contributed by atoms with van der Waals surface area (Å²) in [5, 5.41) is 0. The Labute approximate surface area is 88.7 Å². The first kappa shape index (κ1) is 10.7. The molecule has 0 aliphatic rings. The number of halogens is 4. The van der Waals surface area contributed by atoms with E-state index in [4.69, 9.17) is 0 Å². The van der Waals surface area contributed by atoms with E-state index in [1.54, 1.807) is 0 Å². The molecule has 2 aromatic rings. The summed E-state index contributed by atoms with van der Waals surface area (Å²) < 4.78 is 50.7. The third kappa shape index (κ3) is 1.93. The highest BCUT2D eigenvalue weighted by Crippen LogP contribution is 2.37. The first-order valence-corrected chi connectivity index (χ1v) is 4.48. The molecule has 0 radical (unpaired) electrons. The van der Waals surface area contributed by atoms with Crippen LogP contribution in [0.15, 0.2) is 36.7 Å². The van der Waals surface area contributed by atoms with E-state index in [0.29, 0.717) is 11.6 Å². The number of nitrogens with one attached hydrogen (secondary N) is 1. The molecule has 1 aromatic heterocycles. The van der Waals surface area contributed by atoms with Gasteiger partial charge in [-0.3, -0.25) is 0 Å². The van der Waals surface area contributed by atoms with Crippen LogP contribution in [0, 0.1) is 5.82 Å². The highest BCUT2D eigenvalue weighted by Gasteiger charge is 2.34. The lowest BCUT2D eigenvalue weighted by atomic mass is 10.0. The number of rotatable bonds is 1. The van der Waals surface area contributed by atoms with Crippen molar-refractivity contribution >= 4 is 0 Å². The van der Waals surface area contributed by atoms with Gasteiger partial charge in [0.1, 0.15) is 5.82 Å². The van der Waals surface area contributed by atoms with Gasteiger partial charge >= 0.3 is 6.18 Å². The Kier molecular flexibility index (Phi) is 2.46. The average Bonchev–Trinajstić information content (AvgIpc) is 2.69. The second kappa shape index (κ2) is 3.66. The fourth-order valence-corrected chi connectivity index (χ4v) is 1.49. The van der Waals surface area contributed by atoms with E-state index in [9.17, 15) is 17.6 Å². The number of aromatic nitrogens is 1. The van der Waals surface area contributed by atoms with Crippen LogP contribution in [0.1, 0.15) is 5.56 Å². The van der Waals surface area contributed by atoms with Crippen molar-refractivity contribution in [2.24, 2.45) is 0 Å². The van der Waals surface area contributed by atoms with E-state index in [0.717, 1.165) is 12.1 Å². The summed E-state index contributed by atoms with van der Waals surface area (Å²) >= 11 is 0. The fraction of sp³-hybridized carbons (Fsp3) is 0.0909. The van der Waals surface area contributed by atoms with Gasteiger partial charge in [0.05, 0.1) is 5.56 Å². The molecular formula is C11H7F4N. The van der Waals surface area contributed by atoms with Crippen molar-refractivity contribution in [2.45, 2.75) is 6.18 Å². The minimum Gasteiger partial charge on any atom is -0.367 e. The minimum absolute atomic E-state index is 0.0323. The maximum atomic E-state index is 12.8. The second-order valence-electron chi connectivity index (χ2n) is 3.29. The van der Waals surface area contributed by atoms with Crippen LogP contribution in [0.4, 0.5) is 17.6 Å². The molecule has 16 heavy (non-hydrogen) atoms. The summed E-state index contributed by atoms with van der Waals surface area (Å²) in [6.45, 7) is 0. The zero-order chi connectivity index (χ0) is 11.8. The first-order chi connectivity index (χ1) is 7.48. The Morgan fingerprint density at radius 1 is 1.06 bits per heavy atom. The van der Waals surface area contributed by atoms with Crippen LogP contribution in [0.2, 0.25) is 0 Å². The summed E-state index contributed by atoms with van der Waals surface area (Å²) in [5.74, 6) is -0.897. The molecule has 0 saturated heterocycles. The molecular weight excluding hydrogens is 222 g/mol.